The maximum absolute atomic E-state index is 12.8. The van der Waals surface area contributed by atoms with Gasteiger partial charge in [0.1, 0.15) is 0 Å². The minimum absolute atomic E-state index is 0.0644. The summed E-state index contributed by atoms with van der Waals surface area (Å²) in [5.41, 5.74) is 0.523. The van der Waals surface area contributed by atoms with E-state index in [9.17, 15) is 23.0 Å². The average molecular weight is 306 g/mol. The van der Waals surface area contributed by atoms with Gasteiger partial charge in [-0.1, -0.05) is 0 Å². The summed E-state index contributed by atoms with van der Waals surface area (Å²) in [4.78, 5) is 0. The summed E-state index contributed by atoms with van der Waals surface area (Å²) in [6.07, 6.45) is -4.85. The molecule has 2 aromatic carbocycles. The second kappa shape index (κ2) is 5.16. The average Bonchev–Trinajstić information content (AvgIpc) is 2.91. The summed E-state index contributed by atoms with van der Waals surface area (Å²) in [5.74, 6) is -0.464. The Morgan fingerprint density at radius 3 is 2.68 bits per heavy atom. The molecular formula is C15H10BF3O3. The van der Waals surface area contributed by atoms with E-state index >= 15 is 0 Å². The van der Waals surface area contributed by atoms with Crippen LogP contribution in [0.3, 0.4) is 0 Å². The van der Waals surface area contributed by atoms with Crippen molar-refractivity contribution in [3.63, 3.8) is 0 Å². The monoisotopic (exact) mass is 306 g/mol. The summed E-state index contributed by atoms with van der Waals surface area (Å²) in [6, 6.07) is 8.28. The molecule has 3 rings (SSSR count). The zero-order chi connectivity index (χ0) is 15.9. The maximum atomic E-state index is 12.8. The Bertz CT molecular complexity index is 743. The molecule has 0 amide bonds. The van der Waals surface area contributed by atoms with Gasteiger partial charge in [-0.2, -0.15) is 0 Å². The Hall–Kier alpha value is -2.31. The van der Waals surface area contributed by atoms with Gasteiger partial charge >= 0.3 is 124 Å². The molecule has 1 aliphatic heterocycles. The number of rotatable bonds is 2. The van der Waals surface area contributed by atoms with Gasteiger partial charge in [-0.15, -0.1) is 0 Å². The number of halogens is 3. The molecule has 112 valence electrons. The molecule has 0 bridgehead atoms. The number of alkyl halides is 3. The summed E-state index contributed by atoms with van der Waals surface area (Å²) >= 11 is 0. The zero-order valence-electron chi connectivity index (χ0n) is 11.2. The van der Waals surface area contributed by atoms with Crippen LogP contribution in [0.4, 0.5) is 13.2 Å². The summed E-state index contributed by atoms with van der Waals surface area (Å²) < 4.78 is 54.6. The number of phenolic OH excluding ortho intramolecular Hbond substituents is 1. The second-order valence-electron chi connectivity index (χ2n) is 5.08. The first-order chi connectivity index (χ1) is 10.4. The first kappa shape index (κ1) is 14.6. The number of hydrogen-bond acceptors (Lipinski definition) is 3. The molecular weight excluding hydrogens is 296 g/mol. The van der Waals surface area contributed by atoms with Crippen LogP contribution in [0.5, 0.6) is 11.5 Å². The van der Waals surface area contributed by atoms with Crippen LogP contribution >= 0.6 is 0 Å². The SMILES string of the molecule is O=Bc1cccc(C2Cc3cc(C(F)(F)F)cc(O)c3O2)c1. The molecule has 1 N–H and O–H groups in total. The Morgan fingerprint density at radius 1 is 1.23 bits per heavy atom. The third-order valence-electron chi connectivity index (χ3n) is 3.56. The van der Waals surface area contributed by atoms with Crippen LogP contribution in [0.25, 0.3) is 0 Å². The van der Waals surface area contributed by atoms with Gasteiger partial charge in [0, 0.05) is 0 Å². The quantitative estimate of drug-likeness (QED) is 0.868. The van der Waals surface area contributed by atoms with Gasteiger partial charge in [-0.3, -0.25) is 0 Å². The molecule has 1 aliphatic rings. The third-order valence-corrected chi connectivity index (χ3v) is 3.56. The van der Waals surface area contributed by atoms with Crippen molar-refractivity contribution in [2.75, 3.05) is 0 Å². The summed E-state index contributed by atoms with van der Waals surface area (Å²) in [6.45, 7) is 0. The van der Waals surface area contributed by atoms with Gasteiger partial charge in [0.2, 0.25) is 0 Å². The Morgan fingerprint density at radius 2 is 2.00 bits per heavy atom. The van der Waals surface area contributed by atoms with Crippen molar-refractivity contribution >= 4 is 12.6 Å². The molecule has 3 nitrogen and oxygen atoms in total. The molecule has 1 heterocycles. The molecule has 0 spiro atoms. The van der Waals surface area contributed by atoms with Gasteiger partial charge in [0.05, 0.1) is 0 Å². The van der Waals surface area contributed by atoms with E-state index in [-0.39, 0.29) is 12.2 Å². The fourth-order valence-electron chi connectivity index (χ4n) is 2.53. The van der Waals surface area contributed by atoms with Crippen molar-refractivity contribution in [2.24, 2.45) is 0 Å². The normalized spacial score (nSPS) is 16.8. The van der Waals surface area contributed by atoms with E-state index in [0.29, 0.717) is 29.8 Å². The van der Waals surface area contributed by atoms with Crippen molar-refractivity contribution in [1.29, 1.82) is 0 Å². The predicted molar refractivity (Wildman–Crippen MR) is 72.7 cm³/mol. The van der Waals surface area contributed by atoms with Gasteiger partial charge in [-0.05, 0) is 0 Å². The van der Waals surface area contributed by atoms with Crippen LogP contribution < -0.4 is 10.2 Å². The molecule has 0 saturated carbocycles. The molecule has 7 heteroatoms. The van der Waals surface area contributed by atoms with Crippen LogP contribution in [0, 0.1) is 0 Å². The number of aromatic hydroxyl groups is 1. The van der Waals surface area contributed by atoms with Gasteiger partial charge in [0.15, 0.2) is 0 Å². The van der Waals surface area contributed by atoms with E-state index < -0.39 is 23.6 Å². The molecule has 1 atom stereocenters. The predicted octanol–water partition coefficient (Wildman–Crippen LogP) is 2.76. The molecule has 22 heavy (non-hydrogen) atoms. The van der Waals surface area contributed by atoms with Crippen LogP contribution in [0.2, 0.25) is 0 Å². The number of benzene rings is 2. The van der Waals surface area contributed by atoms with Gasteiger partial charge in [0.25, 0.3) is 0 Å². The van der Waals surface area contributed by atoms with E-state index in [1.165, 1.54) is 0 Å². The van der Waals surface area contributed by atoms with Crippen LogP contribution in [-0.4, -0.2) is 12.3 Å². The number of phenols is 1. The fraction of sp³-hybridized carbons (Fsp3) is 0.200. The van der Waals surface area contributed by atoms with Crippen LogP contribution in [0.15, 0.2) is 36.4 Å². The molecule has 1 unspecified atom stereocenters. The molecule has 0 radical (unpaired) electrons. The fourth-order valence-corrected chi connectivity index (χ4v) is 2.53. The van der Waals surface area contributed by atoms with Crippen LogP contribution in [-0.2, 0) is 17.3 Å². The topological polar surface area (TPSA) is 46.5 Å². The van der Waals surface area contributed by atoms with Crippen molar-refractivity contribution < 1.29 is 27.7 Å². The van der Waals surface area contributed by atoms with E-state index in [4.69, 9.17) is 4.74 Å². The Labute approximate surface area is 124 Å². The van der Waals surface area contributed by atoms with Crippen molar-refractivity contribution in [3.05, 3.63) is 53.1 Å². The minimum atomic E-state index is -4.53. The number of hydrogen-bond donors (Lipinski definition) is 1. The number of fused-ring (bicyclic) bond motifs is 1. The molecule has 0 aromatic heterocycles. The van der Waals surface area contributed by atoms with Crippen molar-refractivity contribution in [2.45, 2.75) is 18.7 Å². The van der Waals surface area contributed by atoms with Gasteiger partial charge in [-0.25, -0.2) is 0 Å². The van der Waals surface area contributed by atoms with Gasteiger partial charge < -0.3 is 0 Å². The Balaban J connectivity index is 1.95. The van der Waals surface area contributed by atoms with E-state index in [1.807, 2.05) is 0 Å². The Kier molecular flexibility index (Phi) is 3.43. The third kappa shape index (κ3) is 2.58. The van der Waals surface area contributed by atoms with Crippen LogP contribution in [0.1, 0.15) is 22.8 Å². The molecule has 0 aliphatic carbocycles. The molecule has 2 aromatic rings. The van der Waals surface area contributed by atoms with Crippen molar-refractivity contribution in [1.82, 2.24) is 0 Å². The standard InChI is InChI=1S/C15H10BF3O3/c17-15(18,19)10-4-9-6-13(22-14(9)12(20)7-10)8-2-1-3-11(5-8)16-21/h1-5,7,13,20H,6H2. The molecule has 0 fully saturated rings. The summed E-state index contributed by atoms with van der Waals surface area (Å²) in [5, 5.41) is 9.76. The summed E-state index contributed by atoms with van der Waals surface area (Å²) in [7, 11) is 0.685. The first-order valence-corrected chi connectivity index (χ1v) is 6.53. The first-order valence-electron chi connectivity index (χ1n) is 6.53. The second-order valence-corrected chi connectivity index (χ2v) is 5.08. The number of ether oxygens (including phenoxy) is 1. The molecule has 0 saturated heterocycles. The van der Waals surface area contributed by atoms with E-state index in [2.05, 4.69) is 0 Å². The van der Waals surface area contributed by atoms with Crippen molar-refractivity contribution in [3.8, 4) is 11.5 Å². The zero-order valence-corrected chi connectivity index (χ0v) is 11.2. The van der Waals surface area contributed by atoms with E-state index in [1.54, 1.807) is 24.3 Å². The van der Waals surface area contributed by atoms with E-state index in [0.717, 1.165) is 6.07 Å².